The monoisotopic (exact) mass is 328 g/mol. The number of hydrogen-bond donors (Lipinski definition) is 1. The Bertz CT molecular complexity index is 623. The minimum atomic E-state index is -4.70. The normalized spacial score (nSPS) is 13.6. The summed E-state index contributed by atoms with van der Waals surface area (Å²) in [7, 11) is 1.09. The number of benzene rings is 1. The van der Waals surface area contributed by atoms with Gasteiger partial charge in [-0.1, -0.05) is 19.1 Å². The average molecular weight is 328 g/mol. The Morgan fingerprint density at radius 3 is 2.48 bits per heavy atom. The summed E-state index contributed by atoms with van der Waals surface area (Å²) < 4.78 is 43.3. The van der Waals surface area contributed by atoms with Gasteiger partial charge in [0.1, 0.15) is 6.04 Å². The van der Waals surface area contributed by atoms with Crippen molar-refractivity contribution < 1.29 is 27.5 Å². The summed E-state index contributed by atoms with van der Waals surface area (Å²) >= 11 is 0. The van der Waals surface area contributed by atoms with Gasteiger partial charge in [-0.15, -0.1) is 0 Å². The van der Waals surface area contributed by atoms with Crippen molar-refractivity contribution in [3.05, 3.63) is 35.4 Å². The highest BCUT2D eigenvalue weighted by Crippen LogP contribution is 2.31. The van der Waals surface area contributed by atoms with Crippen LogP contribution in [0.25, 0.3) is 0 Å². The summed E-state index contributed by atoms with van der Waals surface area (Å²) in [6.45, 7) is 1.51. The largest absolute Gasteiger partial charge is 0.467 e. The number of nitrogens with one attached hydrogen (secondary N) is 1. The lowest BCUT2D eigenvalue weighted by Crippen LogP contribution is -2.46. The van der Waals surface area contributed by atoms with Gasteiger partial charge in [-0.25, -0.2) is 4.79 Å². The molecule has 23 heavy (non-hydrogen) atoms. The van der Waals surface area contributed by atoms with Crippen LogP contribution in [-0.2, 0) is 15.7 Å². The van der Waals surface area contributed by atoms with E-state index in [0.717, 1.165) is 25.3 Å². The molecule has 5 nitrogen and oxygen atoms in total. The van der Waals surface area contributed by atoms with Gasteiger partial charge >= 0.3 is 12.1 Å². The molecule has 0 radical (unpaired) electrons. The maximum Gasteiger partial charge on any atom is 0.417 e. The molecule has 0 bridgehead atoms. The molecule has 124 valence electrons. The molecule has 0 saturated heterocycles. The topological polar surface area (TPSA) is 79.2 Å². The molecule has 2 atom stereocenters. The lowest BCUT2D eigenvalue weighted by molar-refractivity contribution is -0.144. The molecule has 0 saturated carbocycles. The molecule has 0 aliphatic rings. The van der Waals surface area contributed by atoms with Gasteiger partial charge in [0.2, 0.25) is 0 Å². The zero-order valence-corrected chi connectivity index (χ0v) is 12.5. The number of amides is 1. The number of hydrogen-bond acceptors (Lipinski definition) is 4. The van der Waals surface area contributed by atoms with Crippen molar-refractivity contribution in [3.8, 4) is 6.07 Å². The van der Waals surface area contributed by atoms with E-state index >= 15 is 0 Å². The third-order valence-corrected chi connectivity index (χ3v) is 3.20. The van der Waals surface area contributed by atoms with Gasteiger partial charge in [0, 0.05) is 12.3 Å². The van der Waals surface area contributed by atoms with Gasteiger partial charge in [-0.2, -0.15) is 18.4 Å². The molecule has 1 aromatic rings. The summed E-state index contributed by atoms with van der Waals surface area (Å²) in [6.07, 6.45) is -4.77. The Hall–Kier alpha value is -2.56. The van der Waals surface area contributed by atoms with Gasteiger partial charge < -0.3 is 10.1 Å². The third-order valence-electron chi connectivity index (χ3n) is 3.20. The van der Waals surface area contributed by atoms with E-state index in [-0.39, 0.29) is 6.42 Å². The molecule has 0 aromatic heterocycles. The molecule has 1 amide bonds. The SMILES string of the molecule is COC(=O)[C@@H](NC(=O)c1ccccc1C(F)(F)F)[C@@H](C)CC#N. The van der Waals surface area contributed by atoms with Crippen LogP contribution in [0.5, 0.6) is 0 Å². The number of alkyl halides is 3. The maximum absolute atomic E-state index is 12.9. The molecule has 0 aliphatic carbocycles. The van der Waals surface area contributed by atoms with Crippen LogP contribution in [0.15, 0.2) is 24.3 Å². The molecule has 1 aromatic carbocycles. The van der Waals surface area contributed by atoms with E-state index in [1.807, 2.05) is 6.07 Å². The summed E-state index contributed by atoms with van der Waals surface area (Å²) in [5.74, 6) is -2.50. The molecule has 0 heterocycles. The first-order valence-corrected chi connectivity index (χ1v) is 6.64. The average Bonchev–Trinajstić information content (AvgIpc) is 2.51. The molecular weight excluding hydrogens is 313 g/mol. The first-order valence-electron chi connectivity index (χ1n) is 6.64. The molecule has 1 N–H and O–H groups in total. The molecule has 1 rings (SSSR count). The number of rotatable bonds is 5. The summed E-state index contributed by atoms with van der Waals surface area (Å²) in [5, 5.41) is 10.9. The predicted octanol–water partition coefficient (Wildman–Crippen LogP) is 2.53. The predicted molar refractivity (Wildman–Crippen MR) is 74.1 cm³/mol. The van der Waals surface area contributed by atoms with Gasteiger partial charge in [-0.05, 0) is 12.1 Å². The van der Waals surface area contributed by atoms with Gasteiger partial charge in [-0.3, -0.25) is 4.79 Å². The summed E-state index contributed by atoms with van der Waals surface area (Å²) in [4.78, 5) is 23.9. The molecule has 0 spiro atoms. The number of ether oxygens (including phenoxy) is 1. The maximum atomic E-state index is 12.9. The summed E-state index contributed by atoms with van der Waals surface area (Å²) in [5.41, 5.74) is -1.70. The smallest absolute Gasteiger partial charge is 0.417 e. The van der Waals surface area contributed by atoms with Crippen molar-refractivity contribution in [3.63, 3.8) is 0 Å². The summed E-state index contributed by atoms with van der Waals surface area (Å²) in [6, 6.07) is 4.87. The Kier molecular flexibility index (Phi) is 6.13. The van der Waals surface area contributed by atoms with Crippen LogP contribution in [0.2, 0.25) is 0 Å². The highest BCUT2D eigenvalue weighted by atomic mass is 19.4. The van der Waals surface area contributed by atoms with Crippen molar-refractivity contribution in [2.45, 2.75) is 25.6 Å². The van der Waals surface area contributed by atoms with E-state index in [1.54, 1.807) is 0 Å². The lowest BCUT2D eigenvalue weighted by atomic mass is 9.98. The minimum Gasteiger partial charge on any atom is -0.467 e. The molecule has 0 unspecified atom stereocenters. The van der Waals surface area contributed by atoms with E-state index in [4.69, 9.17) is 5.26 Å². The fourth-order valence-electron chi connectivity index (χ4n) is 1.97. The fraction of sp³-hybridized carbons (Fsp3) is 0.400. The Balaban J connectivity index is 3.10. The lowest BCUT2D eigenvalue weighted by Gasteiger charge is -2.22. The Morgan fingerprint density at radius 1 is 1.35 bits per heavy atom. The molecular formula is C15H15F3N2O3. The van der Waals surface area contributed by atoms with Crippen molar-refractivity contribution in [1.29, 1.82) is 5.26 Å². The number of halogens is 3. The van der Waals surface area contributed by atoms with Crippen molar-refractivity contribution in [2.75, 3.05) is 7.11 Å². The van der Waals surface area contributed by atoms with Gasteiger partial charge in [0.15, 0.2) is 0 Å². The van der Waals surface area contributed by atoms with Crippen LogP contribution in [0.3, 0.4) is 0 Å². The van der Waals surface area contributed by atoms with Crippen LogP contribution in [-0.4, -0.2) is 25.0 Å². The Morgan fingerprint density at radius 2 is 1.96 bits per heavy atom. The van der Waals surface area contributed by atoms with Crippen molar-refractivity contribution in [1.82, 2.24) is 5.32 Å². The van der Waals surface area contributed by atoms with Crippen LogP contribution >= 0.6 is 0 Å². The standard InChI is InChI=1S/C15H15F3N2O3/c1-9(7-8-19)12(14(22)23-2)20-13(21)10-5-3-4-6-11(10)15(16,17)18/h3-6,9,12H,7H2,1-2H3,(H,20,21)/t9-,12-/m0/s1. The molecule has 0 fully saturated rings. The molecule has 8 heteroatoms. The van der Waals surface area contributed by atoms with Crippen LogP contribution in [0.1, 0.15) is 29.3 Å². The number of esters is 1. The quantitative estimate of drug-likeness (QED) is 0.843. The van der Waals surface area contributed by atoms with E-state index in [9.17, 15) is 22.8 Å². The second-order valence-corrected chi connectivity index (χ2v) is 4.86. The third kappa shape index (κ3) is 4.71. The first kappa shape index (κ1) is 18.5. The van der Waals surface area contributed by atoms with E-state index in [1.165, 1.54) is 13.0 Å². The van der Waals surface area contributed by atoms with Crippen LogP contribution < -0.4 is 5.32 Å². The van der Waals surface area contributed by atoms with Gasteiger partial charge in [0.25, 0.3) is 5.91 Å². The van der Waals surface area contributed by atoms with Crippen molar-refractivity contribution >= 4 is 11.9 Å². The fourth-order valence-corrected chi connectivity index (χ4v) is 1.97. The van der Waals surface area contributed by atoms with E-state index in [2.05, 4.69) is 10.1 Å². The number of carbonyl (C=O) groups excluding carboxylic acids is 2. The van der Waals surface area contributed by atoms with E-state index in [0.29, 0.717) is 0 Å². The second-order valence-electron chi connectivity index (χ2n) is 4.86. The zero-order chi connectivity index (χ0) is 17.6. The zero-order valence-electron chi connectivity index (χ0n) is 12.5. The van der Waals surface area contributed by atoms with Crippen LogP contribution in [0, 0.1) is 17.2 Å². The van der Waals surface area contributed by atoms with Crippen molar-refractivity contribution in [2.24, 2.45) is 5.92 Å². The second kappa shape index (κ2) is 7.63. The highest BCUT2D eigenvalue weighted by molar-refractivity contribution is 5.98. The Labute approximate surface area is 131 Å². The number of methoxy groups -OCH3 is 1. The van der Waals surface area contributed by atoms with Gasteiger partial charge in [0.05, 0.1) is 24.3 Å². The molecule has 0 aliphatic heterocycles. The highest BCUT2D eigenvalue weighted by Gasteiger charge is 2.36. The van der Waals surface area contributed by atoms with E-state index < -0.39 is 41.1 Å². The minimum absolute atomic E-state index is 0.0685. The first-order chi connectivity index (χ1) is 10.7. The number of nitriles is 1. The van der Waals surface area contributed by atoms with Crippen LogP contribution in [0.4, 0.5) is 13.2 Å². The number of carbonyl (C=O) groups is 2. The number of nitrogens with zero attached hydrogens (tertiary/aromatic N) is 1.